The largest absolute Gasteiger partial charge is 0.398 e. The number of anilines is 2. The summed E-state index contributed by atoms with van der Waals surface area (Å²) in [7, 11) is 0. The van der Waals surface area contributed by atoms with E-state index in [4.69, 9.17) is 5.73 Å². The number of carbonyl (C=O) groups excluding carboxylic acids is 1. The molecular formula is C12H10N4O3. The normalized spacial score (nSPS) is 9.89. The number of benzene rings is 1. The minimum atomic E-state index is -0.534. The number of rotatable bonds is 3. The quantitative estimate of drug-likeness (QED) is 0.644. The number of pyridine rings is 1. The minimum absolute atomic E-state index is 0.100. The number of non-ortho nitro benzene ring substituents is 1. The van der Waals surface area contributed by atoms with Crippen LogP contribution in [0.1, 0.15) is 10.4 Å². The molecule has 1 heterocycles. The first-order valence-electron chi connectivity index (χ1n) is 5.33. The van der Waals surface area contributed by atoms with Gasteiger partial charge in [0.05, 0.1) is 10.5 Å². The Labute approximate surface area is 108 Å². The fourth-order valence-corrected chi connectivity index (χ4v) is 1.49. The highest BCUT2D eigenvalue weighted by molar-refractivity contribution is 6.07. The van der Waals surface area contributed by atoms with Crippen LogP contribution < -0.4 is 11.1 Å². The Balaban J connectivity index is 2.22. The molecule has 0 bridgehead atoms. The van der Waals surface area contributed by atoms with Crippen LogP contribution in [0.3, 0.4) is 0 Å². The molecule has 1 aromatic carbocycles. The van der Waals surface area contributed by atoms with Gasteiger partial charge in [0, 0.05) is 35.9 Å². The molecule has 19 heavy (non-hydrogen) atoms. The molecule has 0 radical (unpaired) electrons. The predicted octanol–water partition coefficient (Wildman–Crippen LogP) is 1.82. The van der Waals surface area contributed by atoms with Gasteiger partial charge in [-0.2, -0.15) is 0 Å². The molecule has 0 saturated heterocycles. The van der Waals surface area contributed by atoms with E-state index < -0.39 is 10.8 Å². The highest BCUT2D eigenvalue weighted by Crippen LogP contribution is 2.18. The number of carbonyl (C=O) groups is 1. The van der Waals surface area contributed by atoms with Gasteiger partial charge in [0.1, 0.15) is 0 Å². The summed E-state index contributed by atoms with van der Waals surface area (Å²) in [6.07, 6.45) is 2.81. The zero-order chi connectivity index (χ0) is 13.8. The maximum absolute atomic E-state index is 11.9. The zero-order valence-electron chi connectivity index (χ0n) is 9.74. The summed E-state index contributed by atoms with van der Waals surface area (Å²) in [6.45, 7) is 0. The predicted molar refractivity (Wildman–Crippen MR) is 69.7 cm³/mol. The van der Waals surface area contributed by atoms with Crippen LogP contribution in [0.4, 0.5) is 17.1 Å². The molecule has 0 aliphatic rings. The van der Waals surface area contributed by atoms with Gasteiger partial charge < -0.3 is 11.1 Å². The summed E-state index contributed by atoms with van der Waals surface area (Å²) in [5.74, 6) is -0.467. The molecule has 0 fully saturated rings. The highest BCUT2D eigenvalue weighted by Gasteiger charge is 2.12. The van der Waals surface area contributed by atoms with Crippen molar-refractivity contribution in [1.82, 2.24) is 4.98 Å². The van der Waals surface area contributed by atoms with E-state index in [-0.39, 0.29) is 16.9 Å². The summed E-state index contributed by atoms with van der Waals surface area (Å²) < 4.78 is 0. The third-order valence-electron chi connectivity index (χ3n) is 2.41. The topological polar surface area (TPSA) is 111 Å². The van der Waals surface area contributed by atoms with Crippen LogP contribution in [0.25, 0.3) is 0 Å². The first-order valence-corrected chi connectivity index (χ1v) is 5.33. The number of nitrogen functional groups attached to an aromatic ring is 1. The van der Waals surface area contributed by atoms with E-state index >= 15 is 0 Å². The number of nitrogens with zero attached hydrogens (tertiary/aromatic N) is 2. The van der Waals surface area contributed by atoms with Crippen molar-refractivity contribution in [2.24, 2.45) is 0 Å². The zero-order valence-corrected chi connectivity index (χ0v) is 9.74. The average Bonchev–Trinajstić information content (AvgIpc) is 2.39. The number of nitrogens with one attached hydrogen (secondary N) is 1. The molecule has 3 N–H and O–H groups in total. The number of nitrogens with two attached hydrogens (primary N) is 1. The van der Waals surface area contributed by atoms with Crippen molar-refractivity contribution < 1.29 is 9.72 Å². The molecule has 2 aromatic rings. The number of hydrogen-bond donors (Lipinski definition) is 2. The van der Waals surface area contributed by atoms with Gasteiger partial charge in [0.15, 0.2) is 0 Å². The van der Waals surface area contributed by atoms with Crippen molar-refractivity contribution in [3.8, 4) is 0 Å². The third-order valence-corrected chi connectivity index (χ3v) is 2.41. The molecule has 0 aliphatic carbocycles. The van der Waals surface area contributed by atoms with E-state index in [9.17, 15) is 14.9 Å². The van der Waals surface area contributed by atoms with Gasteiger partial charge in [0.2, 0.25) is 0 Å². The Hall–Kier alpha value is -2.96. The molecule has 1 amide bonds. The highest BCUT2D eigenvalue weighted by atomic mass is 16.6. The van der Waals surface area contributed by atoms with Gasteiger partial charge in [-0.1, -0.05) is 6.07 Å². The van der Waals surface area contributed by atoms with Crippen LogP contribution >= 0.6 is 0 Å². The van der Waals surface area contributed by atoms with Crippen molar-refractivity contribution in [3.63, 3.8) is 0 Å². The second kappa shape index (κ2) is 5.13. The van der Waals surface area contributed by atoms with E-state index in [2.05, 4.69) is 10.3 Å². The maximum atomic E-state index is 11.9. The lowest BCUT2D eigenvalue weighted by molar-refractivity contribution is -0.384. The third kappa shape index (κ3) is 2.83. The molecule has 0 spiro atoms. The monoisotopic (exact) mass is 258 g/mol. The van der Waals surface area contributed by atoms with E-state index in [1.807, 2.05) is 0 Å². The first-order chi connectivity index (χ1) is 9.08. The van der Waals surface area contributed by atoms with E-state index in [1.54, 1.807) is 6.07 Å². The molecular weight excluding hydrogens is 248 g/mol. The van der Waals surface area contributed by atoms with Crippen molar-refractivity contribution in [2.75, 3.05) is 11.1 Å². The Bertz CT molecular complexity index is 642. The fourth-order valence-electron chi connectivity index (χ4n) is 1.49. The minimum Gasteiger partial charge on any atom is -0.398 e. The number of aromatic nitrogens is 1. The molecule has 0 saturated carbocycles. The van der Waals surface area contributed by atoms with Crippen LogP contribution in [-0.2, 0) is 0 Å². The Morgan fingerprint density at radius 3 is 2.84 bits per heavy atom. The lowest BCUT2D eigenvalue weighted by Crippen LogP contribution is -2.14. The van der Waals surface area contributed by atoms with Crippen molar-refractivity contribution in [3.05, 3.63) is 58.4 Å². The van der Waals surface area contributed by atoms with E-state index in [0.29, 0.717) is 5.69 Å². The summed E-state index contributed by atoms with van der Waals surface area (Å²) >= 11 is 0. The summed E-state index contributed by atoms with van der Waals surface area (Å²) in [6, 6.07) is 7.15. The lowest BCUT2D eigenvalue weighted by atomic mass is 10.2. The van der Waals surface area contributed by atoms with Crippen LogP contribution in [-0.4, -0.2) is 15.8 Å². The van der Waals surface area contributed by atoms with Crippen molar-refractivity contribution >= 4 is 23.0 Å². The SMILES string of the molecule is Nc1ccncc1C(=O)Nc1cccc([N+](=O)[O-])c1. The van der Waals surface area contributed by atoms with Crippen LogP contribution in [0.2, 0.25) is 0 Å². The summed E-state index contributed by atoms with van der Waals surface area (Å²) in [4.78, 5) is 25.8. The summed E-state index contributed by atoms with van der Waals surface area (Å²) in [5, 5.41) is 13.2. The van der Waals surface area contributed by atoms with Crippen LogP contribution in [0, 0.1) is 10.1 Å². The molecule has 7 nitrogen and oxygen atoms in total. The lowest BCUT2D eigenvalue weighted by Gasteiger charge is -2.06. The Kier molecular flexibility index (Phi) is 3.37. The number of hydrogen-bond acceptors (Lipinski definition) is 5. The number of nitro groups is 1. The van der Waals surface area contributed by atoms with Gasteiger partial charge in [0.25, 0.3) is 11.6 Å². The van der Waals surface area contributed by atoms with Gasteiger partial charge >= 0.3 is 0 Å². The molecule has 7 heteroatoms. The molecule has 1 aromatic heterocycles. The molecule has 0 atom stereocenters. The van der Waals surface area contributed by atoms with Crippen molar-refractivity contribution in [2.45, 2.75) is 0 Å². The number of nitro benzene ring substituents is 1. The Morgan fingerprint density at radius 1 is 1.37 bits per heavy atom. The first kappa shape index (κ1) is 12.5. The molecule has 96 valence electrons. The molecule has 2 rings (SSSR count). The second-order valence-electron chi connectivity index (χ2n) is 3.72. The summed E-state index contributed by atoms with van der Waals surface area (Å²) in [5.41, 5.74) is 6.37. The maximum Gasteiger partial charge on any atom is 0.271 e. The van der Waals surface area contributed by atoms with Gasteiger partial charge in [-0.25, -0.2) is 0 Å². The van der Waals surface area contributed by atoms with Crippen LogP contribution in [0.5, 0.6) is 0 Å². The molecule has 0 aliphatic heterocycles. The number of amides is 1. The van der Waals surface area contributed by atoms with Gasteiger partial charge in [-0.3, -0.25) is 19.9 Å². The standard InChI is InChI=1S/C12H10N4O3/c13-11-4-5-14-7-10(11)12(17)15-8-2-1-3-9(6-8)16(18)19/h1-7H,(H2,13,14)(H,15,17). The van der Waals surface area contributed by atoms with Crippen LogP contribution in [0.15, 0.2) is 42.7 Å². The van der Waals surface area contributed by atoms with E-state index in [0.717, 1.165) is 0 Å². The smallest absolute Gasteiger partial charge is 0.271 e. The van der Waals surface area contributed by atoms with Gasteiger partial charge in [-0.05, 0) is 12.1 Å². The second-order valence-corrected chi connectivity index (χ2v) is 3.72. The van der Waals surface area contributed by atoms with E-state index in [1.165, 1.54) is 36.7 Å². The van der Waals surface area contributed by atoms with Gasteiger partial charge in [-0.15, -0.1) is 0 Å². The average molecular weight is 258 g/mol. The van der Waals surface area contributed by atoms with Crippen molar-refractivity contribution in [1.29, 1.82) is 0 Å². The Morgan fingerprint density at radius 2 is 2.16 bits per heavy atom. The fraction of sp³-hybridized carbons (Fsp3) is 0. The molecule has 0 unspecified atom stereocenters.